The fourth-order valence-corrected chi connectivity index (χ4v) is 3.93. The molecule has 0 saturated carbocycles. The van der Waals surface area contributed by atoms with Crippen molar-refractivity contribution >= 4 is 20.8 Å². The molecule has 0 bridgehead atoms. The zero-order chi connectivity index (χ0) is 20.0. The maximum absolute atomic E-state index is 12.5. The first-order valence-corrected chi connectivity index (χ1v) is 10.2. The zero-order valence-corrected chi connectivity index (χ0v) is 16.5. The fraction of sp³-hybridized carbons (Fsp3) is 0.182. The van der Waals surface area contributed by atoms with Crippen LogP contribution in [0.25, 0.3) is 10.8 Å². The minimum atomic E-state index is -3.71. The highest BCUT2D eigenvalue weighted by Gasteiger charge is 2.18. The maximum Gasteiger partial charge on any atom is 0.245 e. The second-order valence-electron chi connectivity index (χ2n) is 6.10. The number of benzene rings is 3. The second kappa shape index (κ2) is 8.79. The van der Waals surface area contributed by atoms with E-state index in [2.05, 4.69) is 16.6 Å². The summed E-state index contributed by atoms with van der Waals surface area (Å²) in [6, 6.07) is 18.8. The number of sulfonamides is 1. The molecule has 1 N–H and O–H groups in total. The number of hydrogen-bond donors (Lipinski definition) is 1. The van der Waals surface area contributed by atoms with Crippen LogP contribution < -0.4 is 14.2 Å². The van der Waals surface area contributed by atoms with Gasteiger partial charge in [0.25, 0.3) is 0 Å². The molecule has 0 heterocycles. The van der Waals surface area contributed by atoms with Gasteiger partial charge in [-0.2, -0.15) is 4.72 Å². The van der Waals surface area contributed by atoms with Crippen LogP contribution >= 0.6 is 0 Å². The van der Waals surface area contributed by atoms with Gasteiger partial charge in [0, 0.05) is 5.39 Å². The van der Waals surface area contributed by atoms with E-state index in [1.807, 2.05) is 49.4 Å². The van der Waals surface area contributed by atoms with Crippen LogP contribution in [0.1, 0.15) is 5.56 Å². The molecule has 3 aromatic carbocycles. The number of fused-ring (bicyclic) bond motifs is 1. The molecule has 6 heteroatoms. The maximum atomic E-state index is 12.5. The predicted molar refractivity (Wildman–Crippen MR) is 110 cm³/mol. The van der Waals surface area contributed by atoms with Gasteiger partial charge in [0.05, 0.1) is 13.7 Å². The Morgan fingerprint density at radius 3 is 2.57 bits per heavy atom. The molecule has 3 rings (SSSR count). The number of nitrogens with one attached hydrogen (secondary N) is 1. The lowest BCUT2D eigenvalue weighted by molar-refractivity contribution is 0.374. The van der Waals surface area contributed by atoms with Crippen LogP contribution in [0.2, 0.25) is 0 Å². The average molecular weight is 395 g/mol. The lowest BCUT2D eigenvalue weighted by Crippen LogP contribution is -2.24. The summed E-state index contributed by atoms with van der Waals surface area (Å²) < 4.78 is 38.3. The number of hydrogen-bond acceptors (Lipinski definition) is 4. The summed E-state index contributed by atoms with van der Waals surface area (Å²) in [5, 5.41) is 2.10. The molecule has 28 heavy (non-hydrogen) atoms. The monoisotopic (exact) mass is 395 g/mol. The molecule has 144 valence electrons. The lowest BCUT2D eigenvalue weighted by atomic mass is 10.1. The van der Waals surface area contributed by atoms with E-state index in [0.29, 0.717) is 5.75 Å². The Labute approximate surface area is 165 Å². The SMILES string of the molecule is COc1ccc(C)cc1S(=O)(=O)NCC#CCOc1cccc2ccccc12. The molecular weight excluding hydrogens is 374 g/mol. The van der Waals surface area contributed by atoms with Crippen molar-refractivity contribution in [3.8, 4) is 23.3 Å². The fourth-order valence-electron chi connectivity index (χ4n) is 2.75. The van der Waals surface area contributed by atoms with Crippen LogP contribution in [0.3, 0.4) is 0 Å². The van der Waals surface area contributed by atoms with Crippen molar-refractivity contribution in [1.29, 1.82) is 0 Å². The Balaban J connectivity index is 1.60. The molecule has 0 unspecified atom stereocenters. The molecule has 0 amide bonds. The highest BCUT2D eigenvalue weighted by Crippen LogP contribution is 2.25. The van der Waals surface area contributed by atoms with Crippen molar-refractivity contribution < 1.29 is 17.9 Å². The summed E-state index contributed by atoms with van der Waals surface area (Å²) in [7, 11) is -2.27. The second-order valence-corrected chi connectivity index (χ2v) is 7.83. The summed E-state index contributed by atoms with van der Waals surface area (Å²) in [5.74, 6) is 6.65. The van der Waals surface area contributed by atoms with Crippen LogP contribution in [-0.4, -0.2) is 28.7 Å². The van der Waals surface area contributed by atoms with E-state index in [-0.39, 0.29) is 18.0 Å². The highest BCUT2D eigenvalue weighted by molar-refractivity contribution is 7.89. The molecule has 0 fully saturated rings. The molecule has 5 nitrogen and oxygen atoms in total. The third-order valence-corrected chi connectivity index (χ3v) is 5.56. The predicted octanol–water partition coefficient (Wildman–Crippen LogP) is 3.52. The molecule has 0 aliphatic rings. The molecule has 0 atom stereocenters. The van der Waals surface area contributed by atoms with E-state index in [4.69, 9.17) is 9.47 Å². The smallest absolute Gasteiger partial charge is 0.245 e. The molecule has 0 radical (unpaired) electrons. The van der Waals surface area contributed by atoms with Crippen LogP contribution in [0.5, 0.6) is 11.5 Å². The molecular formula is C22H21NO4S. The van der Waals surface area contributed by atoms with Crippen LogP contribution in [0.4, 0.5) is 0 Å². The number of methoxy groups -OCH3 is 1. The number of aryl methyl sites for hydroxylation is 1. The Bertz CT molecular complexity index is 1140. The summed E-state index contributed by atoms with van der Waals surface area (Å²) >= 11 is 0. The molecule has 0 aliphatic heterocycles. The van der Waals surface area contributed by atoms with Gasteiger partial charge < -0.3 is 9.47 Å². The van der Waals surface area contributed by atoms with Gasteiger partial charge in [-0.3, -0.25) is 0 Å². The third-order valence-electron chi connectivity index (χ3n) is 4.13. The van der Waals surface area contributed by atoms with Crippen molar-refractivity contribution in [3.05, 3.63) is 66.2 Å². The Morgan fingerprint density at radius 2 is 1.75 bits per heavy atom. The summed E-state index contributed by atoms with van der Waals surface area (Å²) in [5.41, 5.74) is 0.829. The average Bonchev–Trinajstić information content (AvgIpc) is 2.70. The molecule has 0 aliphatic carbocycles. The van der Waals surface area contributed by atoms with Gasteiger partial charge in [-0.15, -0.1) is 0 Å². The van der Waals surface area contributed by atoms with E-state index in [0.717, 1.165) is 22.1 Å². The largest absolute Gasteiger partial charge is 0.495 e. The van der Waals surface area contributed by atoms with Gasteiger partial charge in [0.2, 0.25) is 10.0 Å². The number of rotatable bonds is 6. The minimum Gasteiger partial charge on any atom is -0.495 e. The van der Waals surface area contributed by atoms with Gasteiger partial charge >= 0.3 is 0 Å². The molecule has 0 spiro atoms. The third kappa shape index (κ3) is 4.63. The first-order chi connectivity index (χ1) is 13.5. The summed E-state index contributed by atoms with van der Waals surface area (Å²) in [6.45, 7) is 1.98. The van der Waals surface area contributed by atoms with Crippen molar-refractivity contribution in [1.82, 2.24) is 4.72 Å². The van der Waals surface area contributed by atoms with Crippen molar-refractivity contribution in [2.45, 2.75) is 11.8 Å². The first-order valence-electron chi connectivity index (χ1n) is 8.72. The topological polar surface area (TPSA) is 64.6 Å². The number of ether oxygens (including phenoxy) is 2. The Kier molecular flexibility index (Phi) is 6.19. The van der Waals surface area contributed by atoms with E-state index in [9.17, 15) is 8.42 Å². The van der Waals surface area contributed by atoms with Gasteiger partial charge in [-0.1, -0.05) is 54.3 Å². The van der Waals surface area contributed by atoms with E-state index < -0.39 is 10.0 Å². The van der Waals surface area contributed by atoms with Crippen molar-refractivity contribution in [3.63, 3.8) is 0 Å². The van der Waals surface area contributed by atoms with Crippen molar-refractivity contribution in [2.24, 2.45) is 0 Å². The standard InChI is InChI=1S/C22H21NO4S/c1-17-12-13-21(26-2)22(16-17)28(24,25)23-14-5-6-15-27-20-11-7-9-18-8-3-4-10-19(18)20/h3-4,7-13,16,23H,14-15H2,1-2H3. The Hall–Kier alpha value is -3.01. The molecule has 0 aromatic heterocycles. The van der Waals surface area contributed by atoms with Gasteiger partial charge in [0.15, 0.2) is 0 Å². The zero-order valence-electron chi connectivity index (χ0n) is 15.7. The van der Waals surface area contributed by atoms with Crippen LogP contribution in [-0.2, 0) is 10.0 Å². The van der Waals surface area contributed by atoms with Crippen molar-refractivity contribution in [2.75, 3.05) is 20.3 Å². The van der Waals surface area contributed by atoms with Gasteiger partial charge in [-0.05, 0) is 36.1 Å². The quantitative estimate of drug-likeness (QED) is 0.649. The highest BCUT2D eigenvalue weighted by atomic mass is 32.2. The minimum absolute atomic E-state index is 0.0155. The first kappa shape index (κ1) is 19.7. The van der Waals surface area contributed by atoms with Gasteiger partial charge in [0.1, 0.15) is 23.0 Å². The van der Waals surface area contributed by atoms with E-state index in [1.54, 1.807) is 18.2 Å². The van der Waals surface area contributed by atoms with E-state index >= 15 is 0 Å². The molecule has 3 aromatic rings. The van der Waals surface area contributed by atoms with Crippen LogP contribution in [0.15, 0.2) is 65.6 Å². The van der Waals surface area contributed by atoms with E-state index in [1.165, 1.54) is 7.11 Å². The summed E-state index contributed by atoms with van der Waals surface area (Å²) in [6.07, 6.45) is 0. The lowest BCUT2D eigenvalue weighted by Gasteiger charge is -2.10. The molecule has 0 saturated heterocycles. The Morgan fingerprint density at radius 1 is 0.964 bits per heavy atom. The summed E-state index contributed by atoms with van der Waals surface area (Å²) in [4.78, 5) is 0.101. The van der Waals surface area contributed by atoms with Gasteiger partial charge in [-0.25, -0.2) is 8.42 Å². The normalized spacial score (nSPS) is 10.9. The van der Waals surface area contributed by atoms with Crippen LogP contribution in [0, 0.1) is 18.8 Å².